The first-order valence-electron chi connectivity index (χ1n) is 9.54. The molecule has 1 aliphatic carbocycles. The van der Waals surface area contributed by atoms with Gasteiger partial charge in [0.2, 0.25) is 5.89 Å². The Morgan fingerprint density at radius 3 is 2.86 bits per heavy atom. The van der Waals surface area contributed by atoms with Crippen molar-refractivity contribution in [2.75, 3.05) is 5.32 Å². The maximum Gasteiger partial charge on any atom is 0.320 e. The molecule has 2 N–H and O–H groups in total. The van der Waals surface area contributed by atoms with E-state index in [-0.39, 0.29) is 18.6 Å². The summed E-state index contributed by atoms with van der Waals surface area (Å²) in [6.07, 6.45) is 4.80. The first-order valence-corrected chi connectivity index (χ1v) is 9.54. The van der Waals surface area contributed by atoms with E-state index >= 15 is 0 Å². The molecule has 1 aliphatic rings. The number of rotatable bonds is 7. The SMILES string of the molecule is Cc1cnn([C@H](C)C2CC2)c1NC(=O)NCc1nc(Cc2ccccc2)no1. The average Bonchev–Trinajstić information content (AvgIpc) is 3.36. The number of amides is 2. The van der Waals surface area contributed by atoms with Crippen molar-refractivity contribution in [3.8, 4) is 0 Å². The van der Waals surface area contributed by atoms with E-state index in [1.54, 1.807) is 6.20 Å². The lowest BCUT2D eigenvalue weighted by molar-refractivity contribution is 0.249. The topological polar surface area (TPSA) is 97.9 Å². The van der Waals surface area contributed by atoms with Crippen LogP contribution in [0.1, 0.15) is 48.6 Å². The molecule has 2 amide bonds. The van der Waals surface area contributed by atoms with Crippen LogP contribution in [0.2, 0.25) is 0 Å². The van der Waals surface area contributed by atoms with Gasteiger partial charge in [-0.25, -0.2) is 9.48 Å². The minimum atomic E-state index is -0.323. The number of carbonyl (C=O) groups is 1. The lowest BCUT2D eigenvalue weighted by Gasteiger charge is -2.16. The van der Waals surface area contributed by atoms with Gasteiger partial charge < -0.3 is 9.84 Å². The number of urea groups is 1. The van der Waals surface area contributed by atoms with Gasteiger partial charge >= 0.3 is 6.03 Å². The molecule has 146 valence electrons. The summed E-state index contributed by atoms with van der Waals surface area (Å²) in [6.45, 7) is 4.24. The largest absolute Gasteiger partial charge is 0.337 e. The number of anilines is 1. The Hall–Kier alpha value is -3.16. The third-order valence-corrected chi connectivity index (χ3v) is 5.02. The van der Waals surface area contributed by atoms with Crippen molar-refractivity contribution in [3.63, 3.8) is 0 Å². The molecule has 0 saturated heterocycles. The fourth-order valence-corrected chi connectivity index (χ4v) is 3.21. The van der Waals surface area contributed by atoms with Crippen molar-refractivity contribution in [1.82, 2.24) is 25.2 Å². The van der Waals surface area contributed by atoms with E-state index in [1.165, 1.54) is 12.8 Å². The molecule has 1 saturated carbocycles. The highest BCUT2D eigenvalue weighted by Gasteiger charge is 2.31. The number of nitrogens with one attached hydrogen (secondary N) is 2. The van der Waals surface area contributed by atoms with Crippen molar-refractivity contribution in [3.05, 3.63) is 59.4 Å². The van der Waals surface area contributed by atoms with Crippen molar-refractivity contribution in [2.45, 2.75) is 45.7 Å². The van der Waals surface area contributed by atoms with Gasteiger partial charge in [-0.2, -0.15) is 10.1 Å². The predicted octanol–water partition coefficient (Wildman–Crippen LogP) is 3.46. The predicted molar refractivity (Wildman–Crippen MR) is 104 cm³/mol. The normalized spacial score (nSPS) is 14.6. The van der Waals surface area contributed by atoms with Crippen molar-refractivity contribution < 1.29 is 9.32 Å². The molecule has 0 aliphatic heterocycles. The second-order valence-corrected chi connectivity index (χ2v) is 7.27. The van der Waals surface area contributed by atoms with Crippen LogP contribution in [0.15, 0.2) is 41.1 Å². The van der Waals surface area contributed by atoms with Gasteiger partial charge in [-0.1, -0.05) is 35.5 Å². The summed E-state index contributed by atoms with van der Waals surface area (Å²) in [5.74, 6) is 2.34. The van der Waals surface area contributed by atoms with E-state index < -0.39 is 0 Å². The quantitative estimate of drug-likeness (QED) is 0.654. The van der Waals surface area contributed by atoms with Crippen molar-refractivity contribution >= 4 is 11.8 Å². The highest BCUT2D eigenvalue weighted by molar-refractivity contribution is 5.88. The average molecular weight is 380 g/mol. The van der Waals surface area contributed by atoms with Gasteiger partial charge in [0, 0.05) is 12.0 Å². The number of nitrogens with zero attached hydrogens (tertiary/aromatic N) is 4. The molecule has 0 unspecified atom stereocenters. The third kappa shape index (κ3) is 4.21. The van der Waals surface area contributed by atoms with Crippen LogP contribution >= 0.6 is 0 Å². The maximum atomic E-state index is 12.3. The van der Waals surface area contributed by atoms with E-state index in [0.29, 0.717) is 24.1 Å². The van der Waals surface area contributed by atoms with Crippen LogP contribution in [0, 0.1) is 12.8 Å². The lowest BCUT2D eigenvalue weighted by Crippen LogP contribution is -2.30. The van der Waals surface area contributed by atoms with Crippen LogP contribution in [-0.4, -0.2) is 26.0 Å². The Labute approximate surface area is 163 Å². The minimum Gasteiger partial charge on any atom is -0.337 e. The summed E-state index contributed by atoms with van der Waals surface area (Å²) >= 11 is 0. The highest BCUT2D eigenvalue weighted by atomic mass is 16.5. The molecule has 2 heterocycles. The maximum absolute atomic E-state index is 12.3. The second kappa shape index (κ2) is 7.84. The zero-order chi connectivity index (χ0) is 19.5. The van der Waals surface area contributed by atoms with Crippen molar-refractivity contribution in [1.29, 1.82) is 0 Å². The summed E-state index contributed by atoms with van der Waals surface area (Å²) in [5.41, 5.74) is 2.04. The van der Waals surface area contributed by atoms with Crippen LogP contribution in [0.3, 0.4) is 0 Å². The Morgan fingerprint density at radius 1 is 1.32 bits per heavy atom. The molecule has 3 aromatic rings. The first kappa shape index (κ1) is 18.2. The van der Waals surface area contributed by atoms with Gasteiger partial charge in [0.25, 0.3) is 0 Å². The number of hydrogen-bond acceptors (Lipinski definition) is 5. The molecular formula is C20H24N6O2. The zero-order valence-corrected chi connectivity index (χ0v) is 16.1. The molecule has 2 aromatic heterocycles. The van der Waals surface area contributed by atoms with Crippen LogP contribution in [0.4, 0.5) is 10.6 Å². The van der Waals surface area contributed by atoms with Crippen LogP contribution in [0.25, 0.3) is 0 Å². The number of aryl methyl sites for hydroxylation is 1. The van der Waals surface area contributed by atoms with Crippen LogP contribution in [-0.2, 0) is 13.0 Å². The minimum absolute atomic E-state index is 0.166. The smallest absolute Gasteiger partial charge is 0.320 e. The van der Waals surface area contributed by atoms with Crippen LogP contribution < -0.4 is 10.6 Å². The molecule has 1 fully saturated rings. The van der Waals surface area contributed by atoms with Gasteiger partial charge in [-0.3, -0.25) is 5.32 Å². The summed E-state index contributed by atoms with van der Waals surface area (Å²) in [4.78, 5) is 16.7. The number of carbonyl (C=O) groups excluding carboxylic acids is 1. The van der Waals surface area contributed by atoms with Gasteiger partial charge in [0.15, 0.2) is 5.82 Å². The zero-order valence-electron chi connectivity index (χ0n) is 16.1. The van der Waals surface area contributed by atoms with Crippen molar-refractivity contribution in [2.24, 2.45) is 5.92 Å². The standard InChI is InChI=1S/C20H24N6O2/c1-13-11-22-26(14(2)16-8-9-16)19(13)24-20(27)21-12-18-23-17(25-28-18)10-15-6-4-3-5-7-15/h3-7,11,14,16H,8-10,12H2,1-2H3,(H2,21,24,27)/t14-/m1/s1. The Bertz CT molecular complexity index is 945. The summed E-state index contributed by atoms with van der Waals surface area (Å²) in [5, 5.41) is 14.1. The molecule has 8 nitrogen and oxygen atoms in total. The molecule has 0 radical (unpaired) electrons. The third-order valence-electron chi connectivity index (χ3n) is 5.02. The van der Waals surface area contributed by atoms with Gasteiger partial charge in [-0.05, 0) is 38.2 Å². The fraction of sp³-hybridized carbons (Fsp3) is 0.400. The highest BCUT2D eigenvalue weighted by Crippen LogP contribution is 2.40. The van der Waals surface area contributed by atoms with Gasteiger partial charge in [0.05, 0.1) is 18.8 Å². The first-order chi connectivity index (χ1) is 13.6. The van der Waals surface area contributed by atoms with E-state index in [4.69, 9.17) is 4.52 Å². The monoisotopic (exact) mass is 380 g/mol. The molecule has 0 bridgehead atoms. The summed E-state index contributed by atoms with van der Waals surface area (Å²) in [7, 11) is 0. The Morgan fingerprint density at radius 2 is 2.11 bits per heavy atom. The molecule has 28 heavy (non-hydrogen) atoms. The molecular weight excluding hydrogens is 356 g/mol. The number of hydrogen-bond donors (Lipinski definition) is 2. The molecule has 8 heteroatoms. The number of benzene rings is 1. The van der Waals surface area contributed by atoms with Crippen LogP contribution in [0.5, 0.6) is 0 Å². The van der Waals surface area contributed by atoms with E-state index in [9.17, 15) is 4.79 Å². The second-order valence-electron chi connectivity index (χ2n) is 7.27. The Kier molecular flexibility index (Phi) is 5.10. The van der Waals surface area contributed by atoms with E-state index in [0.717, 1.165) is 16.9 Å². The molecule has 4 rings (SSSR count). The molecule has 0 spiro atoms. The van der Waals surface area contributed by atoms with E-state index in [2.05, 4.69) is 32.8 Å². The lowest BCUT2D eigenvalue weighted by atomic mass is 10.1. The Balaban J connectivity index is 1.32. The van der Waals surface area contributed by atoms with Gasteiger partial charge in [-0.15, -0.1) is 0 Å². The summed E-state index contributed by atoms with van der Waals surface area (Å²) < 4.78 is 7.13. The summed E-state index contributed by atoms with van der Waals surface area (Å²) in [6, 6.07) is 9.88. The number of aromatic nitrogens is 4. The van der Waals surface area contributed by atoms with Gasteiger partial charge in [0.1, 0.15) is 5.82 Å². The van der Waals surface area contributed by atoms with E-state index in [1.807, 2.05) is 41.9 Å². The molecule has 1 atom stereocenters. The molecule has 1 aromatic carbocycles. The fourth-order valence-electron chi connectivity index (χ4n) is 3.21.